The first-order chi connectivity index (χ1) is 12.1. The first-order valence-corrected chi connectivity index (χ1v) is 9.36. The fraction of sp³-hybridized carbons (Fsp3) is 0.368. The maximum atomic E-state index is 13.6. The number of carbonyl (C=O) groups is 2. The molecule has 0 saturated carbocycles. The van der Waals surface area contributed by atoms with Crippen LogP contribution in [-0.4, -0.2) is 29.3 Å². The molecular weight excluding hydrogens is 339 g/mol. The van der Waals surface area contributed by atoms with Crippen molar-refractivity contribution in [3.05, 3.63) is 58.0 Å². The first-order valence-electron chi connectivity index (χ1n) is 8.48. The topological polar surface area (TPSA) is 49.4 Å². The number of hydrogen-bond acceptors (Lipinski definition) is 3. The predicted octanol–water partition coefficient (Wildman–Crippen LogP) is 3.13. The summed E-state index contributed by atoms with van der Waals surface area (Å²) in [6.07, 6.45) is 2.22. The Hall–Kier alpha value is -2.21. The second kappa shape index (κ2) is 8.25. The highest BCUT2D eigenvalue weighted by molar-refractivity contribution is 7.09. The van der Waals surface area contributed by atoms with Crippen LogP contribution in [0.4, 0.5) is 4.39 Å². The van der Waals surface area contributed by atoms with E-state index in [0.29, 0.717) is 44.3 Å². The molecule has 2 aromatic rings. The lowest BCUT2D eigenvalue weighted by Crippen LogP contribution is -2.44. The van der Waals surface area contributed by atoms with E-state index < -0.39 is 6.04 Å². The molecule has 0 bridgehead atoms. The van der Waals surface area contributed by atoms with Gasteiger partial charge in [0, 0.05) is 17.8 Å². The van der Waals surface area contributed by atoms with E-state index >= 15 is 0 Å². The van der Waals surface area contributed by atoms with E-state index in [2.05, 4.69) is 5.32 Å². The molecule has 1 aliphatic heterocycles. The van der Waals surface area contributed by atoms with E-state index in [1.807, 2.05) is 23.6 Å². The number of likely N-dealkylation sites (tertiary alicyclic amines) is 1. The number of carbonyl (C=O) groups excluding carboxylic acids is 2. The zero-order chi connectivity index (χ0) is 17.6. The van der Waals surface area contributed by atoms with Gasteiger partial charge in [0.25, 0.3) is 0 Å². The number of nitrogens with zero attached hydrogens (tertiary/aromatic N) is 1. The van der Waals surface area contributed by atoms with Crippen molar-refractivity contribution in [2.24, 2.45) is 0 Å². The molecule has 1 saturated heterocycles. The van der Waals surface area contributed by atoms with Crippen LogP contribution in [-0.2, 0) is 22.6 Å². The minimum absolute atomic E-state index is 0.0277. The molecule has 1 aliphatic rings. The van der Waals surface area contributed by atoms with Gasteiger partial charge in [0.2, 0.25) is 11.8 Å². The van der Waals surface area contributed by atoms with E-state index in [4.69, 9.17) is 0 Å². The molecule has 0 spiro atoms. The number of aryl methyl sites for hydroxylation is 1. The second-order valence-corrected chi connectivity index (χ2v) is 7.17. The van der Waals surface area contributed by atoms with E-state index in [1.54, 1.807) is 28.4 Å². The van der Waals surface area contributed by atoms with Crippen LogP contribution in [0.5, 0.6) is 0 Å². The van der Waals surface area contributed by atoms with Crippen molar-refractivity contribution in [1.82, 2.24) is 10.2 Å². The summed E-state index contributed by atoms with van der Waals surface area (Å²) < 4.78 is 13.6. The van der Waals surface area contributed by atoms with Gasteiger partial charge in [-0.1, -0.05) is 24.3 Å². The Bertz CT molecular complexity index is 733. The number of thiophene rings is 1. The van der Waals surface area contributed by atoms with Crippen molar-refractivity contribution >= 4 is 23.2 Å². The quantitative estimate of drug-likeness (QED) is 0.771. The van der Waals surface area contributed by atoms with Crippen LogP contribution in [0.15, 0.2) is 41.8 Å². The highest BCUT2D eigenvalue weighted by Crippen LogP contribution is 2.23. The minimum Gasteiger partial charge on any atom is -0.354 e. The van der Waals surface area contributed by atoms with Gasteiger partial charge in [-0.25, -0.2) is 4.39 Å². The Labute approximate surface area is 150 Å². The smallest absolute Gasteiger partial charge is 0.242 e. The maximum absolute atomic E-state index is 13.6. The normalized spacial score (nSPS) is 17.1. The van der Waals surface area contributed by atoms with E-state index in [9.17, 15) is 14.0 Å². The summed E-state index contributed by atoms with van der Waals surface area (Å²) in [4.78, 5) is 27.3. The molecule has 0 aliphatic carbocycles. The molecule has 1 aromatic heterocycles. The molecular formula is C19H21FN2O2S. The zero-order valence-corrected chi connectivity index (χ0v) is 14.7. The van der Waals surface area contributed by atoms with Gasteiger partial charge >= 0.3 is 0 Å². The van der Waals surface area contributed by atoms with Crippen molar-refractivity contribution in [2.45, 2.75) is 38.3 Å². The van der Waals surface area contributed by atoms with Crippen molar-refractivity contribution in [3.8, 4) is 0 Å². The fourth-order valence-electron chi connectivity index (χ4n) is 3.08. The zero-order valence-electron chi connectivity index (χ0n) is 13.9. The molecule has 1 aromatic carbocycles. The number of rotatable bonds is 7. The lowest BCUT2D eigenvalue weighted by atomic mass is 10.1. The summed E-state index contributed by atoms with van der Waals surface area (Å²) in [5.74, 6) is -0.298. The van der Waals surface area contributed by atoms with Gasteiger partial charge in [0.05, 0.1) is 6.54 Å². The fourth-order valence-corrected chi connectivity index (χ4v) is 3.79. The predicted molar refractivity (Wildman–Crippen MR) is 95.6 cm³/mol. The van der Waals surface area contributed by atoms with Crippen molar-refractivity contribution < 1.29 is 14.0 Å². The van der Waals surface area contributed by atoms with Gasteiger partial charge in [0.15, 0.2) is 0 Å². The van der Waals surface area contributed by atoms with Crippen LogP contribution in [0.2, 0.25) is 0 Å². The third-order valence-corrected chi connectivity index (χ3v) is 5.28. The Kier molecular flexibility index (Phi) is 5.81. The van der Waals surface area contributed by atoms with E-state index in [1.165, 1.54) is 6.07 Å². The minimum atomic E-state index is -0.400. The molecule has 0 radical (unpaired) electrons. The van der Waals surface area contributed by atoms with Gasteiger partial charge in [-0.15, -0.1) is 11.3 Å². The summed E-state index contributed by atoms with van der Waals surface area (Å²) >= 11 is 1.58. The van der Waals surface area contributed by atoms with Crippen molar-refractivity contribution in [3.63, 3.8) is 0 Å². The van der Waals surface area contributed by atoms with Gasteiger partial charge in [-0.3, -0.25) is 9.59 Å². The lowest BCUT2D eigenvalue weighted by molar-refractivity contribution is -0.135. The van der Waals surface area contributed by atoms with Crippen LogP contribution in [0.1, 0.15) is 29.7 Å². The molecule has 3 rings (SSSR count). The van der Waals surface area contributed by atoms with Crippen LogP contribution < -0.4 is 5.32 Å². The van der Waals surface area contributed by atoms with Crippen LogP contribution in [0.3, 0.4) is 0 Å². The summed E-state index contributed by atoms with van der Waals surface area (Å²) in [5.41, 5.74) is 0.659. The van der Waals surface area contributed by atoms with Crippen molar-refractivity contribution in [2.75, 3.05) is 6.54 Å². The van der Waals surface area contributed by atoms with E-state index in [-0.39, 0.29) is 17.6 Å². The van der Waals surface area contributed by atoms with Crippen LogP contribution in [0.25, 0.3) is 0 Å². The summed E-state index contributed by atoms with van der Waals surface area (Å²) in [7, 11) is 0. The third kappa shape index (κ3) is 4.45. The average Bonchev–Trinajstić information content (AvgIpc) is 3.24. The molecule has 1 atom stereocenters. The van der Waals surface area contributed by atoms with Crippen LogP contribution in [0, 0.1) is 5.82 Å². The molecule has 25 heavy (non-hydrogen) atoms. The van der Waals surface area contributed by atoms with Gasteiger partial charge in [-0.2, -0.15) is 0 Å². The van der Waals surface area contributed by atoms with Gasteiger partial charge in [0.1, 0.15) is 11.9 Å². The number of nitrogens with one attached hydrogen (secondary N) is 1. The monoisotopic (exact) mass is 360 g/mol. The average molecular weight is 360 g/mol. The molecule has 132 valence electrons. The summed E-state index contributed by atoms with van der Waals surface area (Å²) in [5, 5.41) is 4.86. The maximum Gasteiger partial charge on any atom is 0.242 e. The van der Waals surface area contributed by atoms with Gasteiger partial charge < -0.3 is 10.2 Å². The van der Waals surface area contributed by atoms with Crippen LogP contribution >= 0.6 is 11.3 Å². The second-order valence-electron chi connectivity index (χ2n) is 6.14. The Balaban J connectivity index is 1.48. The van der Waals surface area contributed by atoms with E-state index in [0.717, 1.165) is 4.88 Å². The molecule has 6 heteroatoms. The van der Waals surface area contributed by atoms with Crippen molar-refractivity contribution in [1.29, 1.82) is 0 Å². The highest BCUT2D eigenvalue weighted by atomic mass is 32.1. The Morgan fingerprint density at radius 3 is 2.88 bits per heavy atom. The highest BCUT2D eigenvalue weighted by Gasteiger charge is 2.35. The lowest BCUT2D eigenvalue weighted by Gasteiger charge is -2.23. The molecule has 1 fully saturated rings. The Morgan fingerprint density at radius 2 is 2.12 bits per heavy atom. The van der Waals surface area contributed by atoms with Gasteiger partial charge in [-0.05, 0) is 42.3 Å². The molecule has 4 nitrogen and oxygen atoms in total. The standard InChI is InChI=1S/C19H21FN2O2S/c20-16-8-2-1-5-14(16)6-3-11-21-19(24)17-9-10-18(23)22(17)13-15-7-4-12-25-15/h1-2,4-5,7-8,12,17H,3,6,9-11,13H2,(H,21,24). The number of halogens is 1. The number of benzene rings is 1. The summed E-state index contributed by atoms with van der Waals surface area (Å²) in [6.45, 7) is 0.967. The number of hydrogen-bond donors (Lipinski definition) is 1. The largest absolute Gasteiger partial charge is 0.354 e. The number of amides is 2. The molecule has 1 N–H and O–H groups in total. The third-order valence-electron chi connectivity index (χ3n) is 4.42. The Morgan fingerprint density at radius 1 is 1.28 bits per heavy atom. The molecule has 1 unspecified atom stereocenters. The SMILES string of the molecule is O=C(NCCCc1ccccc1F)C1CCC(=O)N1Cc1cccs1. The first kappa shape index (κ1) is 17.6. The molecule has 2 heterocycles. The molecule has 2 amide bonds. The summed E-state index contributed by atoms with van der Waals surface area (Å²) in [6, 6.07) is 10.2.